The topological polar surface area (TPSA) is 64.6 Å². The molecular weight excluding hydrogens is 342 g/mol. The number of hydrogen-bond acceptors (Lipinski definition) is 4. The van der Waals surface area contributed by atoms with E-state index in [-0.39, 0.29) is 18.4 Å². The Morgan fingerprint density at radius 1 is 1.04 bits per heavy atom. The van der Waals surface area contributed by atoms with E-state index in [1.807, 2.05) is 56.3 Å². The van der Waals surface area contributed by atoms with Gasteiger partial charge in [0, 0.05) is 5.69 Å². The lowest BCUT2D eigenvalue weighted by Crippen LogP contribution is -2.32. The number of benzene rings is 2. The summed E-state index contributed by atoms with van der Waals surface area (Å²) in [4.78, 5) is 24.4. The number of ether oxygens (including phenoxy) is 2. The summed E-state index contributed by atoms with van der Waals surface area (Å²) in [6, 6.07) is 13.3. The van der Waals surface area contributed by atoms with Crippen molar-refractivity contribution < 1.29 is 19.1 Å². The summed E-state index contributed by atoms with van der Waals surface area (Å²) in [5, 5.41) is 2.83. The molecular formula is C22H27NO4. The lowest BCUT2D eigenvalue weighted by atomic mass is 10.0. The quantitative estimate of drug-likeness (QED) is 0.736. The third-order valence-electron chi connectivity index (χ3n) is 4.19. The highest BCUT2D eigenvalue weighted by molar-refractivity contribution is 5.95. The number of aryl methyl sites for hydroxylation is 2. The summed E-state index contributed by atoms with van der Waals surface area (Å²) < 4.78 is 10.7. The molecule has 1 atom stereocenters. The van der Waals surface area contributed by atoms with E-state index in [0.29, 0.717) is 5.75 Å². The van der Waals surface area contributed by atoms with Crippen molar-refractivity contribution in [2.24, 2.45) is 0 Å². The van der Waals surface area contributed by atoms with E-state index < -0.39 is 12.1 Å². The minimum Gasteiger partial charge on any atom is -0.482 e. The average Bonchev–Trinajstić information content (AvgIpc) is 2.61. The number of esters is 1. The molecule has 0 aromatic heterocycles. The second-order valence-electron chi connectivity index (χ2n) is 6.92. The number of hydrogen-bond donors (Lipinski definition) is 1. The molecule has 0 radical (unpaired) electrons. The molecule has 0 unspecified atom stereocenters. The van der Waals surface area contributed by atoms with Gasteiger partial charge < -0.3 is 14.8 Å². The fourth-order valence-electron chi connectivity index (χ4n) is 2.73. The number of carbonyl (C=O) groups is 2. The van der Waals surface area contributed by atoms with E-state index in [2.05, 4.69) is 19.2 Å². The molecule has 5 heteroatoms. The van der Waals surface area contributed by atoms with Crippen molar-refractivity contribution in [3.05, 3.63) is 59.2 Å². The molecule has 0 aliphatic carbocycles. The van der Waals surface area contributed by atoms with Crippen molar-refractivity contribution in [2.75, 3.05) is 11.9 Å². The summed E-state index contributed by atoms with van der Waals surface area (Å²) in [6.07, 6.45) is -0.916. The lowest BCUT2D eigenvalue weighted by molar-refractivity contribution is -0.155. The number of amides is 1. The molecule has 2 rings (SSSR count). The van der Waals surface area contributed by atoms with Crippen LogP contribution >= 0.6 is 0 Å². The van der Waals surface area contributed by atoms with Crippen molar-refractivity contribution in [3.8, 4) is 5.75 Å². The van der Waals surface area contributed by atoms with Gasteiger partial charge in [-0.1, -0.05) is 49.7 Å². The Morgan fingerprint density at radius 2 is 1.74 bits per heavy atom. The first-order valence-corrected chi connectivity index (χ1v) is 9.07. The number of para-hydroxylation sites is 1. The lowest BCUT2D eigenvalue weighted by Gasteiger charge is -2.17. The van der Waals surface area contributed by atoms with Gasteiger partial charge in [-0.3, -0.25) is 4.79 Å². The maximum atomic E-state index is 12.4. The maximum Gasteiger partial charge on any atom is 0.344 e. The summed E-state index contributed by atoms with van der Waals surface area (Å²) >= 11 is 0. The first-order chi connectivity index (χ1) is 12.8. The Labute approximate surface area is 160 Å². The molecule has 0 bridgehead atoms. The smallest absolute Gasteiger partial charge is 0.344 e. The highest BCUT2D eigenvalue weighted by Gasteiger charge is 2.20. The fraction of sp³-hybridized carbons (Fsp3) is 0.364. The average molecular weight is 369 g/mol. The monoisotopic (exact) mass is 369 g/mol. The fourth-order valence-corrected chi connectivity index (χ4v) is 2.73. The molecule has 0 fully saturated rings. The predicted octanol–water partition coefficient (Wildman–Crippen LogP) is 4.38. The number of rotatable bonds is 7. The molecule has 0 heterocycles. The third-order valence-corrected chi connectivity index (χ3v) is 4.19. The first-order valence-electron chi connectivity index (χ1n) is 9.07. The molecule has 5 nitrogen and oxygen atoms in total. The zero-order valence-electron chi connectivity index (χ0n) is 16.5. The summed E-state index contributed by atoms with van der Waals surface area (Å²) in [7, 11) is 0. The Balaban J connectivity index is 1.89. The van der Waals surface area contributed by atoms with Crippen LogP contribution in [0.1, 0.15) is 43.4 Å². The SMILES string of the molecule is Cc1ccc(OCC(=O)O[C@H](C)C(=O)Nc2ccccc2C(C)C)c(C)c1. The first kappa shape index (κ1) is 20.5. The molecule has 27 heavy (non-hydrogen) atoms. The largest absolute Gasteiger partial charge is 0.482 e. The van der Waals surface area contributed by atoms with Crippen LogP contribution in [0.5, 0.6) is 5.75 Å². The van der Waals surface area contributed by atoms with Gasteiger partial charge in [-0.05, 0) is 49.9 Å². The van der Waals surface area contributed by atoms with Gasteiger partial charge in [-0.2, -0.15) is 0 Å². The van der Waals surface area contributed by atoms with E-state index in [4.69, 9.17) is 9.47 Å². The minimum atomic E-state index is -0.916. The van der Waals surface area contributed by atoms with Crippen LogP contribution < -0.4 is 10.1 Å². The molecule has 2 aromatic rings. The predicted molar refractivity (Wildman–Crippen MR) is 106 cm³/mol. The molecule has 0 saturated carbocycles. The van der Waals surface area contributed by atoms with E-state index >= 15 is 0 Å². The van der Waals surface area contributed by atoms with Crippen molar-refractivity contribution >= 4 is 17.6 Å². The van der Waals surface area contributed by atoms with Crippen molar-refractivity contribution in [1.29, 1.82) is 0 Å². The van der Waals surface area contributed by atoms with Crippen molar-refractivity contribution in [1.82, 2.24) is 0 Å². The van der Waals surface area contributed by atoms with Gasteiger partial charge in [-0.15, -0.1) is 0 Å². The van der Waals surface area contributed by atoms with Crippen LogP contribution in [0.15, 0.2) is 42.5 Å². The van der Waals surface area contributed by atoms with Gasteiger partial charge in [0.25, 0.3) is 5.91 Å². The molecule has 0 saturated heterocycles. The van der Waals surface area contributed by atoms with Crippen molar-refractivity contribution in [3.63, 3.8) is 0 Å². The third kappa shape index (κ3) is 5.84. The highest BCUT2D eigenvalue weighted by Crippen LogP contribution is 2.24. The van der Waals surface area contributed by atoms with Gasteiger partial charge >= 0.3 is 5.97 Å². The normalized spacial score (nSPS) is 11.8. The van der Waals surface area contributed by atoms with E-state index in [1.54, 1.807) is 6.92 Å². The van der Waals surface area contributed by atoms with Crippen LogP contribution in [-0.4, -0.2) is 24.6 Å². The van der Waals surface area contributed by atoms with Crippen LogP contribution in [0, 0.1) is 13.8 Å². The molecule has 1 N–H and O–H groups in total. The Kier molecular flexibility index (Phi) is 6.99. The van der Waals surface area contributed by atoms with Crippen molar-refractivity contribution in [2.45, 2.75) is 46.6 Å². The Bertz CT molecular complexity index is 814. The molecule has 1 amide bonds. The van der Waals surface area contributed by atoms with Gasteiger partial charge in [0.2, 0.25) is 0 Å². The van der Waals surface area contributed by atoms with E-state index in [9.17, 15) is 9.59 Å². The number of carbonyl (C=O) groups excluding carboxylic acids is 2. The van der Waals surface area contributed by atoms with Crippen LogP contribution in [-0.2, 0) is 14.3 Å². The highest BCUT2D eigenvalue weighted by atomic mass is 16.6. The second kappa shape index (κ2) is 9.21. The van der Waals surface area contributed by atoms with E-state index in [1.165, 1.54) is 0 Å². The summed E-state index contributed by atoms with van der Waals surface area (Å²) in [5.74, 6) is -0.0660. The number of anilines is 1. The van der Waals surface area contributed by atoms with Gasteiger partial charge in [0.05, 0.1) is 0 Å². The van der Waals surface area contributed by atoms with Gasteiger partial charge in [-0.25, -0.2) is 4.79 Å². The van der Waals surface area contributed by atoms with E-state index in [0.717, 1.165) is 22.4 Å². The summed E-state index contributed by atoms with van der Waals surface area (Å²) in [5.41, 5.74) is 3.82. The second-order valence-corrected chi connectivity index (χ2v) is 6.92. The zero-order valence-corrected chi connectivity index (χ0v) is 16.5. The van der Waals surface area contributed by atoms with Gasteiger partial charge in [0.1, 0.15) is 5.75 Å². The van der Waals surface area contributed by atoms with Crippen LogP contribution in [0.2, 0.25) is 0 Å². The number of nitrogens with one attached hydrogen (secondary N) is 1. The molecule has 0 aliphatic heterocycles. The zero-order chi connectivity index (χ0) is 20.0. The molecule has 144 valence electrons. The summed E-state index contributed by atoms with van der Waals surface area (Å²) in [6.45, 7) is 9.31. The standard InChI is InChI=1S/C22H27NO4/c1-14(2)18-8-6-7-9-19(18)23-22(25)17(5)27-21(24)13-26-20-11-10-15(3)12-16(20)4/h6-12,14,17H,13H2,1-5H3,(H,23,25)/t17-/m1/s1. The Hall–Kier alpha value is -2.82. The van der Waals surface area contributed by atoms with Gasteiger partial charge in [0.15, 0.2) is 12.7 Å². The van der Waals surface area contributed by atoms with Crippen LogP contribution in [0.3, 0.4) is 0 Å². The molecule has 2 aromatic carbocycles. The maximum absolute atomic E-state index is 12.4. The van der Waals surface area contributed by atoms with Crippen LogP contribution in [0.4, 0.5) is 5.69 Å². The molecule has 0 aliphatic rings. The Morgan fingerprint density at radius 3 is 2.41 bits per heavy atom. The minimum absolute atomic E-state index is 0.246. The van der Waals surface area contributed by atoms with Crippen LogP contribution in [0.25, 0.3) is 0 Å². The molecule has 0 spiro atoms.